The van der Waals surface area contributed by atoms with Crippen molar-refractivity contribution in [2.75, 3.05) is 24.0 Å². The van der Waals surface area contributed by atoms with Crippen LogP contribution in [0.1, 0.15) is 12.5 Å². The highest BCUT2D eigenvalue weighted by Crippen LogP contribution is 2.34. The van der Waals surface area contributed by atoms with Gasteiger partial charge in [0.25, 0.3) is 0 Å². The summed E-state index contributed by atoms with van der Waals surface area (Å²) in [7, 11) is 0. The molecule has 1 aliphatic rings. The molecule has 154 valence electrons. The Bertz CT molecular complexity index is 1060. The van der Waals surface area contributed by atoms with E-state index in [1.165, 1.54) is 6.33 Å². The number of hydrogen-bond donors (Lipinski definition) is 2. The van der Waals surface area contributed by atoms with Gasteiger partial charge in [-0.2, -0.15) is 0 Å². The first-order valence-electron chi connectivity index (χ1n) is 9.25. The van der Waals surface area contributed by atoms with Crippen molar-refractivity contribution in [3.63, 3.8) is 0 Å². The monoisotopic (exact) mass is 409 g/mol. The summed E-state index contributed by atoms with van der Waals surface area (Å²) in [6, 6.07) is 12.5. The molecule has 0 saturated heterocycles. The molecule has 1 aromatic heterocycles. The second-order valence-electron chi connectivity index (χ2n) is 6.30. The number of ether oxygens (including phenoxy) is 3. The lowest BCUT2D eigenvalue weighted by Crippen LogP contribution is -2.08. The molecule has 0 atom stereocenters. The number of fused-ring (bicyclic) bond motifs is 1. The van der Waals surface area contributed by atoms with Crippen molar-refractivity contribution in [3.05, 3.63) is 64.5 Å². The second-order valence-corrected chi connectivity index (χ2v) is 6.30. The molecule has 0 bridgehead atoms. The molecule has 3 aromatic rings. The van der Waals surface area contributed by atoms with Crippen LogP contribution in [0.3, 0.4) is 0 Å². The SMILES string of the molecule is CCOc1ccc(Nc2ncnc(NCc3ccc4c(c3)OCO4)c2[N+](=O)[O-])cc1. The minimum Gasteiger partial charge on any atom is -0.494 e. The highest BCUT2D eigenvalue weighted by atomic mass is 16.7. The first-order chi connectivity index (χ1) is 14.6. The third-order valence-electron chi connectivity index (χ3n) is 4.33. The molecule has 10 nitrogen and oxygen atoms in total. The van der Waals surface area contributed by atoms with Gasteiger partial charge in [0.15, 0.2) is 11.5 Å². The molecule has 1 aliphatic heterocycles. The van der Waals surface area contributed by atoms with Crippen LogP contribution < -0.4 is 24.8 Å². The van der Waals surface area contributed by atoms with Crippen LogP contribution in [0.15, 0.2) is 48.8 Å². The maximum atomic E-state index is 11.7. The number of benzene rings is 2. The number of nitro groups is 1. The van der Waals surface area contributed by atoms with Crippen LogP contribution in [0.2, 0.25) is 0 Å². The standard InChI is InChI=1S/C20H19N5O5/c1-2-28-15-6-4-14(5-7-15)24-20-18(25(26)27)19(22-11-23-20)21-10-13-3-8-16-17(9-13)30-12-29-16/h3-9,11H,2,10,12H2,1H3,(H2,21,22,23,24). The number of nitrogens with zero attached hydrogens (tertiary/aromatic N) is 3. The molecule has 2 N–H and O–H groups in total. The lowest BCUT2D eigenvalue weighted by Gasteiger charge is -2.11. The van der Waals surface area contributed by atoms with Crippen LogP contribution in [-0.4, -0.2) is 28.3 Å². The van der Waals surface area contributed by atoms with E-state index in [9.17, 15) is 10.1 Å². The smallest absolute Gasteiger partial charge is 0.353 e. The van der Waals surface area contributed by atoms with E-state index in [0.717, 1.165) is 5.56 Å². The number of aromatic nitrogens is 2. The normalized spacial score (nSPS) is 11.8. The Morgan fingerprint density at radius 2 is 1.87 bits per heavy atom. The minimum absolute atomic E-state index is 0.0901. The van der Waals surface area contributed by atoms with Crippen LogP contribution in [0, 0.1) is 10.1 Å². The van der Waals surface area contributed by atoms with Crippen LogP contribution >= 0.6 is 0 Å². The van der Waals surface area contributed by atoms with Crippen LogP contribution in [-0.2, 0) is 6.54 Å². The topological polar surface area (TPSA) is 121 Å². The Kier molecular flexibility index (Phi) is 5.46. The third-order valence-corrected chi connectivity index (χ3v) is 4.33. The van der Waals surface area contributed by atoms with Gasteiger partial charge < -0.3 is 24.8 Å². The summed E-state index contributed by atoms with van der Waals surface area (Å²) in [4.78, 5) is 19.3. The van der Waals surface area contributed by atoms with E-state index in [2.05, 4.69) is 20.6 Å². The van der Waals surface area contributed by atoms with Gasteiger partial charge in [0.2, 0.25) is 18.4 Å². The van der Waals surface area contributed by atoms with Gasteiger partial charge in [-0.25, -0.2) is 9.97 Å². The van der Waals surface area contributed by atoms with Gasteiger partial charge in [-0.1, -0.05) is 6.07 Å². The van der Waals surface area contributed by atoms with E-state index >= 15 is 0 Å². The summed E-state index contributed by atoms with van der Waals surface area (Å²) in [5, 5.41) is 17.7. The largest absolute Gasteiger partial charge is 0.494 e. The van der Waals surface area contributed by atoms with Gasteiger partial charge in [-0.05, 0) is 48.9 Å². The Morgan fingerprint density at radius 1 is 1.10 bits per heavy atom. The quantitative estimate of drug-likeness (QED) is 0.422. The van der Waals surface area contributed by atoms with Crippen molar-refractivity contribution in [3.8, 4) is 17.2 Å². The molecule has 0 unspecified atom stereocenters. The van der Waals surface area contributed by atoms with E-state index in [-0.39, 0.29) is 24.1 Å². The molecule has 0 radical (unpaired) electrons. The van der Waals surface area contributed by atoms with Gasteiger partial charge >= 0.3 is 5.69 Å². The summed E-state index contributed by atoms with van der Waals surface area (Å²) >= 11 is 0. The Labute approximate surface area is 172 Å². The van der Waals surface area contributed by atoms with Crippen molar-refractivity contribution in [1.82, 2.24) is 9.97 Å². The maximum absolute atomic E-state index is 11.7. The Balaban J connectivity index is 1.53. The molecule has 0 amide bonds. The third kappa shape index (κ3) is 4.17. The highest BCUT2D eigenvalue weighted by molar-refractivity contribution is 5.73. The van der Waals surface area contributed by atoms with Gasteiger partial charge in [0, 0.05) is 12.2 Å². The van der Waals surface area contributed by atoms with Gasteiger partial charge in [0.1, 0.15) is 12.1 Å². The summed E-state index contributed by atoms with van der Waals surface area (Å²) in [6.07, 6.45) is 1.27. The molecule has 10 heteroatoms. The van der Waals surface area contributed by atoms with Crippen molar-refractivity contribution in [1.29, 1.82) is 0 Å². The maximum Gasteiger partial charge on any atom is 0.353 e. The minimum atomic E-state index is -0.515. The number of anilines is 3. The van der Waals surface area contributed by atoms with Gasteiger partial charge in [-0.3, -0.25) is 10.1 Å². The lowest BCUT2D eigenvalue weighted by molar-refractivity contribution is -0.383. The molecule has 2 heterocycles. The summed E-state index contributed by atoms with van der Waals surface area (Å²) in [5.41, 5.74) is 1.27. The lowest BCUT2D eigenvalue weighted by atomic mass is 10.2. The van der Waals surface area contributed by atoms with E-state index < -0.39 is 4.92 Å². The van der Waals surface area contributed by atoms with Gasteiger partial charge in [0.05, 0.1) is 11.5 Å². The zero-order chi connectivity index (χ0) is 20.9. The first-order valence-corrected chi connectivity index (χ1v) is 9.25. The second kappa shape index (κ2) is 8.52. The van der Waals surface area contributed by atoms with Crippen molar-refractivity contribution in [2.24, 2.45) is 0 Å². The molecular formula is C20H19N5O5. The molecular weight excluding hydrogens is 390 g/mol. The van der Waals surface area contributed by atoms with Crippen LogP contribution in [0.4, 0.5) is 23.0 Å². The van der Waals surface area contributed by atoms with Crippen molar-refractivity contribution < 1.29 is 19.1 Å². The highest BCUT2D eigenvalue weighted by Gasteiger charge is 2.23. The summed E-state index contributed by atoms with van der Waals surface area (Å²) < 4.78 is 16.1. The summed E-state index contributed by atoms with van der Waals surface area (Å²) in [5.74, 6) is 2.23. The van der Waals surface area contributed by atoms with Crippen LogP contribution in [0.5, 0.6) is 17.2 Å². The van der Waals surface area contributed by atoms with Crippen molar-refractivity contribution >= 4 is 23.0 Å². The van der Waals surface area contributed by atoms with Crippen LogP contribution in [0.25, 0.3) is 0 Å². The zero-order valence-electron chi connectivity index (χ0n) is 16.1. The molecule has 0 spiro atoms. The Hall–Kier alpha value is -4.08. The predicted octanol–water partition coefficient (Wildman–Crippen LogP) is 3.87. The fourth-order valence-electron chi connectivity index (χ4n) is 2.95. The Morgan fingerprint density at radius 3 is 2.63 bits per heavy atom. The molecule has 30 heavy (non-hydrogen) atoms. The molecule has 0 saturated carbocycles. The average Bonchev–Trinajstić information content (AvgIpc) is 3.21. The van der Waals surface area contributed by atoms with Crippen molar-refractivity contribution in [2.45, 2.75) is 13.5 Å². The first kappa shape index (κ1) is 19.2. The zero-order valence-corrected chi connectivity index (χ0v) is 16.1. The molecule has 2 aromatic carbocycles. The van der Waals surface area contributed by atoms with E-state index in [1.807, 2.05) is 19.1 Å². The molecule has 0 aliphatic carbocycles. The predicted molar refractivity (Wildman–Crippen MR) is 109 cm³/mol. The number of rotatable bonds is 8. The average molecular weight is 409 g/mol. The fourth-order valence-corrected chi connectivity index (χ4v) is 2.95. The molecule has 4 rings (SSSR count). The number of nitrogens with one attached hydrogen (secondary N) is 2. The fraction of sp³-hybridized carbons (Fsp3) is 0.200. The molecule has 0 fully saturated rings. The van der Waals surface area contributed by atoms with Gasteiger partial charge in [-0.15, -0.1) is 0 Å². The number of hydrogen-bond acceptors (Lipinski definition) is 9. The van der Waals surface area contributed by atoms with E-state index in [0.29, 0.717) is 36.1 Å². The summed E-state index contributed by atoms with van der Waals surface area (Å²) in [6.45, 7) is 2.96. The van der Waals surface area contributed by atoms with E-state index in [4.69, 9.17) is 14.2 Å². The van der Waals surface area contributed by atoms with E-state index in [1.54, 1.807) is 30.3 Å².